The fraction of sp³-hybridized carbons (Fsp3) is 0.300. The summed E-state index contributed by atoms with van der Waals surface area (Å²) >= 11 is 1.53. The van der Waals surface area contributed by atoms with Crippen molar-refractivity contribution in [2.24, 2.45) is 4.99 Å². The molecule has 1 heterocycles. The number of hydrogen-bond acceptors (Lipinski definition) is 5. The van der Waals surface area contributed by atoms with Gasteiger partial charge in [-0.05, 0) is 38.0 Å². The van der Waals surface area contributed by atoms with Crippen LogP contribution in [0.5, 0.6) is 0 Å². The van der Waals surface area contributed by atoms with Crippen molar-refractivity contribution in [3.05, 3.63) is 74.3 Å². The monoisotopic (exact) mass is 383 g/mol. The number of carbonyl (C=O) groups excluding carboxylic acids is 1. The molecule has 0 bridgehead atoms. The molecule has 0 saturated carbocycles. The van der Waals surface area contributed by atoms with E-state index in [1.54, 1.807) is 24.0 Å². The van der Waals surface area contributed by atoms with Gasteiger partial charge in [-0.15, -0.1) is 0 Å². The van der Waals surface area contributed by atoms with Crippen LogP contribution >= 0.6 is 11.8 Å². The zero-order valence-corrected chi connectivity index (χ0v) is 16.4. The van der Waals surface area contributed by atoms with E-state index >= 15 is 0 Å². The molecule has 140 valence electrons. The van der Waals surface area contributed by atoms with Gasteiger partial charge in [-0.2, -0.15) is 0 Å². The van der Waals surface area contributed by atoms with Crippen LogP contribution in [0, 0.1) is 30.9 Å². The fourth-order valence-electron chi connectivity index (χ4n) is 3.04. The van der Waals surface area contributed by atoms with E-state index in [4.69, 9.17) is 0 Å². The number of nitrogens with zero attached hydrogens (tertiary/aromatic N) is 3. The first-order valence-electron chi connectivity index (χ1n) is 8.67. The summed E-state index contributed by atoms with van der Waals surface area (Å²) in [7, 11) is 0. The van der Waals surface area contributed by atoms with Gasteiger partial charge in [-0.1, -0.05) is 41.6 Å². The van der Waals surface area contributed by atoms with Gasteiger partial charge in [-0.3, -0.25) is 24.8 Å². The second kappa shape index (κ2) is 7.92. The van der Waals surface area contributed by atoms with Crippen LogP contribution in [0.1, 0.15) is 32.6 Å². The van der Waals surface area contributed by atoms with Crippen molar-refractivity contribution >= 4 is 28.5 Å². The van der Waals surface area contributed by atoms with Crippen LogP contribution in [0.2, 0.25) is 0 Å². The quantitative estimate of drug-likeness (QED) is 0.584. The number of aryl methyl sites for hydroxylation is 2. The normalized spacial score (nSPS) is 13.6. The number of nitro benzene ring substituents is 1. The zero-order valence-electron chi connectivity index (χ0n) is 15.6. The van der Waals surface area contributed by atoms with Crippen molar-refractivity contribution in [2.45, 2.75) is 26.5 Å². The van der Waals surface area contributed by atoms with Crippen molar-refractivity contribution in [3.63, 3.8) is 0 Å². The summed E-state index contributed by atoms with van der Waals surface area (Å²) in [5.41, 5.74) is 4.32. The third-order valence-electron chi connectivity index (χ3n) is 4.64. The predicted octanol–water partition coefficient (Wildman–Crippen LogP) is 4.27. The third kappa shape index (κ3) is 4.03. The Balaban J connectivity index is 1.78. The van der Waals surface area contributed by atoms with Gasteiger partial charge in [-0.25, -0.2) is 0 Å². The first-order chi connectivity index (χ1) is 12.9. The van der Waals surface area contributed by atoms with E-state index in [1.165, 1.54) is 34.5 Å². The lowest BCUT2D eigenvalue weighted by Crippen LogP contribution is -2.33. The lowest BCUT2D eigenvalue weighted by atomic mass is 10.1. The number of hydrogen-bond donors (Lipinski definition) is 0. The smallest absolute Gasteiger partial charge is 0.273 e. The Morgan fingerprint density at radius 2 is 2.04 bits per heavy atom. The van der Waals surface area contributed by atoms with E-state index in [0.29, 0.717) is 29.4 Å². The molecule has 0 aliphatic carbocycles. The summed E-state index contributed by atoms with van der Waals surface area (Å²) in [6.07, 6.45) is 0. The molecule has 0 aromatic heterocycles. The highest BCUT2D eigenvalue weighted by atomic mass is 32.2. The molecule has 0 saturated heterocycles. The number of benzene rings is 2. The number of amides is 1. The second-order valence-electron chi connectivity index (χ2n) is 6.55. The molecule has 0 atom stereocenters. The van der Waals surface area contributed by atoms with E-state index < -0.39 is 4.92 Å². The first-order valence-corrected chi connectivity index (χ1v) is 9.66. The molecule has 0 spiro atoms. The van der Waals surface area contributed by atoms with E-state index in [-0.39, 0.29) is 11.6 Å². The molecule has 2 aromatic rings. The second-order valence-corrected chi connectivity index (χ2v) is 7.49. The van der Waals surface area contributed by atoms with Crippen molar-refractivity contribution in [1.29, 1.82) is 0 Å². The minimum absolute atomic E-state index is 0.0402. The SMILES string of the molecule is Cc1ccc(C)c(CSC2=NCCN2C(=O)c2cccc([N+](=O)[O-])c2C)c1. The molecule has 2 aromatic carbocycles. The van der Waals surface area contributed by atoms with Crippen LogP contribution in [0.3, 0.4) is 0 Å². The molecule has 1 aliphatic rings. The minimum atomic E-state index is -0.458. The topological polar surface area (TPSA) is 75.8 Å². The third-order valence-corrected chi connectivity index (χ3v) is 5.70. The van der Waals surface area contributed by atoms with Crippen LogP contribution in [0.4, 0.5) is 5.69 Å². The Morgan fingerprint density at radius 1 is 1.26 bits per heavy atom. The average molecular weight is 383 g/mol. The molecule has 1 amide bonds. The van der Waals surface area contributed by atoms with Crippen molar-refractivity contribution in [3.8, 4) is 0 Å². The molecule has 0 radical (unpaired) electrons. The molecular weight excluding hydrogens is 362 g/mol. The summed E-state index contributed by atoms with van der Waals surface area (Å²) in [5, 5.41) is 11.8. The first kappa shape index (κ1) is 19.1. The zero-order chi connectivity index (χ0) is 19.6. The Bertz CT molecular complexity index is 940. The maximum atomic E-state index is 13.0. The van der Waals surface area contributed by atoms with Crippen molar-refractivity contribution in [1.82, 2.24) is 4.90 Å². The predicted molar refractivity (Wildman–Crippen MR) is 108 cm³/mol. The van der Waals surface area contributed by atoms with Gasteiger partial charge in [0.25, 0.3) is 11.6 Å². The molecule has 6 nitrogen and oxygen atoms in total. The summed E-state index contributed by atoms with van der Waals surface area (Å²) in [6.45, 7) is 6.79. The maximum absolute atomic E-state index is 13.0. The molecule has 0 fully saturated rings. The van der Waals surface area contributed by atoms with E-state index in [0.717, 1.165) is 5.75 Å². The Morgan fingerprint density at radius 3 is 2.78 bits per heavy atom. The van der Waals surface area contributed by atoms with Crippen LogP contribution in [0.15, 0.2) is 41.4 Å². The van der Waals surface area contributed by atoms with Gasteiger partial charge in [0, 0.05) is 29.5 Å². The highest BCUT2D eigenvalue weighted by molar-refractivity contribution is 8.13. The summed E-state index contributed by atoms with van der Waals surface area (Å²) in [5.74, 6) is 0.491. The Hall–Kier alpha value is -2.67. The number of aliphatic imine (C=N–C) groups is 1. The standard InChI is InChI=1S/C20H21N3O3S/c1-13-7-8-14(2)16(11-13)12-27-20-21-9-10-22(20)19(24)17-5-4-6-18(15(17)3)23(25)26/h4-8,11H,9-10,12H2,1-3H3. The average Bonchev–Trinajstić information content (AvgIpc) is 3.10. The van der Waals surface area contributed by atoms with Crippen LogP contribution in [0.25, 0.3) is 0 Å². The van der Waals surface area contributed by atoms with E-state index in [9.17, 15) is 14.9 Å². The number of nitro groups is 1. The highest BCUT2D eigenvalue weighted by Crippen LogP contribution is 2.26. The molecule has 0 unspecified atom stereocenters. The van der Waals surface area contributed by atoms with E-state index in [2.05, 4.69) is 37.0 Å². The number of carbonyl (C=O) groups is 1. The van der Waals surface area contributed by atoms with Gasteiger partial charge in [0.05, 0.1) is 11.5 Å². The summed E-state index contributed by atoms with van der Waals surface area (Å²) < 4.78 is 0. The molecule has 27 heavy (non-hydrogen) atoms. The lowest BCUT2D eigenvalue weighted by Gasteiger charge is -2.19. The highest BCUT2D eigenvalue weighted by Gasteiger charge is 2.28. The Kier molecular flexibility index (Phi) is 5.60. The van der Waals surface area contributed by atoms with Crippen LogP contribution in [-0.4, -0.2) is 34.0 Å². The Labute approximate surface area is 162 Å². The lowest BCUT2D eigenvalue weighted by molar-refractivity contribution is -0.385. The summed E-state index contributed by atoms with van der Waals surface area (Å²) in [4.78, 5) is 29.8. The summed E-state index contributed by atoms with van der Waals surface area (Å²) in [6, 6.07) is 10.9. The maximum Gasteiger partial charge on any atom is 0.273 e. The van der Waals surface area contributed by atoms with Crippen LogP contribution in [-0.2, 0) is 5.75 Å². The van der Waals surface area contributed by atoms with Crippen molar-refractivity contribution in [2.75, 3.05) is 13.1 Å². The molecule has 3 rings (SSSR count). The van der Waals surface area contributed by atoms with Gasteiger partial charge in [0.2, 0.25) is 0 Å². The van der Waals surface area contributed by atoms with Gasteiger partial charge in [0.15, 0.2) is 5.17 Å². The largest absolute Gasteiger partial charge is 0.286 e. The molecular formula is C20H21N3O3S. The molecule has 0 N–H and O–H groups in total. The van der Waals surface area contributed by atoms with Gasteiger partial charge >= 0.3 is 0 Å². The molecule has 1 aliphatic heterocycles. The number of rotatable bonds is 4. The number of thioether (sulfide) groups is 1. The van der Waals surface area contributed by atoms with Gasteiger partial charge in [0.1, 0.15) is 0 Å². The van der Waals surface area contributed by atoms with Gasteiger partial charge < -0.3 is 0 Å². The van der Waals surface area contributed by atoms with E-state index in [1.807, 2.05) is 0 Å². The minimum Gasteiger partial charge on any atom is -0.286 e. The van der Waals surface area contributed by atoms with Crippen LogP contribution < -0.4 is 0 Å². The fourth-order valence-corrected chi connectivity index (χ4v) is 4.14. The molecule has 7 heteroatoms. The number of amidine groups is 1. The van der Waals surface area contributed by atoms with Crippen molar-refractivity contribution < 1.29 is 9.72 Å².